The van der Waals surface area contributed by atoms with Crippen LogP contribution in [0.4, 0.5) is 0 Å². The molecule has 1 heterocycles. The lowest BCUT2D eigenvalue weighted by Crippen LogP contribution is -2.17. The molecule has 0 saturated carbocycles. The van der Waals surface area contributed by atoms with E-state index in [1.807, 2.05) is 0 Å². The minimum Gasteiger partial charge on any atom is -0.344 e. The van der Waals surface area contributed by atoms with Crippen molar-refractivity contribution in [3.63, 3.8) is 0 Å². The molecule has 9 heavy (non-hydrogen) atoms. The first-order valence-electron chi connectivity index (χ1n) is 2.54. The van der Waals surface area contributed by atoms with Gasteiger partial charge in [-0.05, 0) is 12.2 Å². The maximum atomic E-state index is 10.1. The molecule has 0 aliphatic carbocycles. The molecule has 0 spiro atoms. The summed E-state index contributed by atoms with van der Waals surface area (Å²) < 4.78 is 0. The van der Waals surface area contributed by atoms with Gasteiger partial charge in [0.2, 0.25) is 0 Å². The normalized spacial score (nSPS) is 15.8. The standard InChI is InChI=1S/C6H6N2O/c9-5-6-7-3-1-2-4-8-6/h1-5H,(H,7,8). The molecule has 0 radical (unpaired) electrons. The number of aldehydes is 1. The molecule has 3 nitrogen and oxygen atoms in total. The zero-order valence-electron chi connectivity index (χ0n) is 4.74. The predicted octanol–water partition coefficient (Wildman–Crippen LogP) is 0.214. The predicted molar refractivity (Wildman–Crippen MR) is 34.9 cm³/mol. The van der Waals surface area contributed by atoms with Crippen LogP contribution in [-0.4, -0.2) is 12.1 Å². The molecule has 0 unspecified atom stereocenters. The summed E-state index contributed by atoms with van der Waals surface area (Å²) in [4.78, 5) is 13.8. The first-order chi connectivity index (χ1) is 4.43. The highest BCUT2D eigenvalue weighted by Gasteiger charge is 1.89. The molecule has 0 amide bonds. The van der Waals surface area contributed by atoms with Crippen molar-refractivity contribution in [1.82, 2.24) is 5.32 Å². The third-order valence-corrected chi connectivity index (χ3v) is 0.850. The Morgan fingerprint density at radius 1 is 1.56 bits per heavy atom. The quantitative estimate of drug-likeness (QED) is 0.505. The Kier molecular flexibility index (Phi) is 1.80. The van der Waals surface area contributed by atoms with Gasteiger partial charge in [-0.15, -0.1) is 0 Å². The Morgan fingerprint density at radius 3 is 3.22 bits per heavy atom. The van der Waals surface area contributed by atoms with Crippen LogP contribution in [0.15, 0.2) is 29.5 Å². The van der Waals surface area contributed by atoms with Crippen molar-refractivity contribution >= 4 is 12.1 Å². The maximum absolute atomic E-state index is 10.1. The molecule has 1 aliphatic heterocycles. The van der Waals surface area contributed by atoms with E-state index in [2.05, 4.69) is 10.3 Å². The average molecular weight is 122 g/mol. The van der Waals surface area contributed by atoms with Crippen LogP contribution in [0.25, 0.3) is 0 Å². The van der Waals surface area contributed by atoms with E-state index in [1.165, 1.54) is 0 Å². The largest absolute Gasteiger partial charge is 0.344 e. The van der Waals surface area contributed by atoms with Gasteiger partial charge in [-0.2, -0.15) is 0 Å². The SMILES string of the molecule is O=CC1=NC=CC=CN1. The topological polar surface area (TPSA) is 41.5 Å². The molecule has 0 bridgehead atoms. The third-order valence-electron chi connectivity index (χ3n) is 0.850. The summed E-state index contributed by atoms with van der Waals surface area (Å²) in [6, 6.07) is 0. The third kappa shape index (κ3) is 1.53. The van der Waals surface area contributed by atoms with Crippen LogP contribution >= 0.6 is 0 Å². The molecule has 0 saturated heterocycles. The monoisotopic (exact) mass is 122 g/mol. The Balaban J connectivity index is 2.73. The maximum Gasteiger partial charge on any atom is 0.185 e. The fourth-order valence-electron chi connectivity index (χ4n) is 0.464. The van der Waals surface area contributed by atoms with Crippen molar-refractivity contribution in [2.75, 3.05) is 0 Å². The Bertz CT molecular complexity index is 191. The second-order valence-corrected chi connectivity index (χ2v) is 1.48. The summed E-state index contributed by atoms with van der Waals surface area (Å²) in [5, 5.41) is 2.67. The van der Waals surface area contributed by atoms with E-state index in [0.29, 0.717) is 12.1 Å². The summed E-state index contributed by atoms with van der Waals surface area (Å²) in [6.07, 6.45) is 7.38. The molecule has 0 aromatic carbocycles. The summed E-state index contributed by atoms with van der Waals surface area (Å²) in [7, 11) is 0. The van der Waals surface area contributed by atoms with Crippen LogP contribution in [-0.2, 0) is 4.79 Å². The zero-order valence-corrected chi connectivity index (χ0v) is 4.74. The van der Waals surface area contributed by atoms with E-state index < -0.39 is 0 Å². The zero-order chi connectivity index (χ0) is 6.53. The lowest BCUT2D eigenvalue weighted by Gasteiger charge is -1.90. The van der Waals surface area contributed by atoms with E-state index in [0.717, 1.165) is 0 Å². The molecule has 0 aromatic rings. The number of carbonyl (C=O) groups is 1. The van der Waals surface area contributed by atoms with Gasteiger partial charge in [0.15, 0.2) is 12.1 Å². The van der Waals surface area contributed by atoms with Gasteiger partial charge in [-0.3, -0.25) is 4.79 Å². The summed E-state index contributed by atoms with van der Waals surface area (Å²) in [6.45, 7) is 0. The van der Waals surface area contributed by atoms with E-state index in [-0.39, 0.29) is 0 Å². The Labute approximate surface area is 52.8 Å². The Morgan fingerprint density at radius 2 is 2.44 bits per heavy atom. The molecule has 1 rings (SSSR count). The number of rotatable bonds is 1. The number of nitrogens with one attached hydrogen (secondary N) is 1. The second-order valence-electron chi connectivity index (χ2n) is 1.48. The lowest BCUT2D eigenvalue weighted by atomic mass is 10.6. The van der Waals surface area contributed by atoms with Gasteiger partial charge in [0.05, 0.1) is 0 Å². The number of carbonyl (C=O) groups excluding carboxylic acids is 1. The molecule has 0 atom stereocenters. The van der Waals surface area contributed by atoms with Crippen LogP contribution in [0.1, 0.15) is 0 Å². The van der Waals surface area contributed by atoms with Crippen molar-refractivity contribution in [3.8, 4) is 0 Å². The molecule has 3 heteroatoms. The van der Waals surface area contributed by atoms with Gasteiger partial charge in [0.25, 0.3) is 0 Å². The molecule has 0 aromatic heterocycles. The first kappa shape index (κ1) is 5.75. The minimum absolute atomic E-state index is 0.333. The van der Waals surface area contributed by atoms with Crippen LogP contribution in [0.5, 0.6) is 0 Å². The average Bonchev–Trinajstić information content (AvgIpc) is 2.13. The number of nitrogens with zero attached hydrogens (tertiary/aromatic N) is 1. The van der Waals surface area contributed by atoms with Gasteiger partial charge < -0.3 is 5.32 Å². The van der Waals surface area contributed by atoms with Crippen molar-refractivity contribution in [2.24, 2.45) is 4.99 Å². The second kappa shape index (κ2) is 2.81. The van der Waals surface area contributed by atoms with E-state index >= 15 is 0 Å². The smallest absolute Gasteiger partial charge is 0.185 e. The van der Waals surface area contributed by atoms with Crippen LogP contribution in [0.3, 0.4) is 0 Å². The fourth-order valence-corrected chi connectivity index (χ4v) is 0.464. The van der Waals surface area contributed by atoms with Crippen molar-refractivity contribution < 1.29 is 4.79 Å². The van der Waals surface area contributed by atoms with E-state index in [4.69, 9.17) is 0 Å². The molecule has 1 N–H and O–H groups in total. The van der Waals surface area contributed by atoms with Crippen LogP contribution < -0.4 is 5.32 Å². The van der Waals surface area contributed by atoms with Crippen molar-refractivity contribution in [3.05, 3.63) is 24.6 Å². The molecule has 0 fully saturated rings. The fraction of sp³-hybridized carbons (Fsp3) is 0. The first-order valence-corrected chi connectivity index (χ1v) is 2.54. The van der Waals surface area contributed by atoms with E-state index in [9.17, 15) is 4.79 Å². The Hall–Kier alpha value is -1.38. The number of hydrogen-bond donors (Lipinski definition) is 1. The highest BCUT2D eigenvalue weighted by Crippen LogP contribution is 1.83. The summed E-state index contributed by atoms with van der Waals surface area (Å²) in [5.41, 5.74) is 0. The van der Waals surface area contributed by atoms with Crippen LogP contribution in [0.2, 0.25) is 0 Å². The molecular formula is C6H6N2O. The van der Waals surface area contributed by atoms with Gasteiger partial charge in [-0.25, -0.2) is 4.99 Å². The van der Waals surface area contributed by atoms with Crippen LogP contribution in [0, 0.1) is 0 Å². The van der Waals surface area contributed by atoms with Gasteiger partial charge >= 0.3 is 0 Å². The van der Waals surface area contributed by atoms with Gasteiger partial charge in [0.1, 0.15) is 0 Å². The van der Waals surface area contributed by atoms with Crippen molar-refractivity contribution in [2.45, 2.75) is 0 Å². The summed E-state index contributed by atoms with van der Waals surface area (Å²) in [5.74, 6) is 0.333. The molecule has 1 aliphatic rings. The van der Waals surface area contributed by atoms with Gasteiger partial charge in [-0.1, -0.05) is 0 Å². The summed E-state index contributed by atoms with van der Waals surface area (Å²) >= 11 is 0. The van der Waals surface area contributed by atoms with E-state index in [1.54, 1.807) is 24.6 Å². The minimum atomic E-state index is 0.333. The molecule has 46 valence electrons. The highest BCUT2D eigenvalue weighted by atomic mass is 16.1. The number of allylic oxidation sites excluding steroid dienone is 2. The lowest BCUT2D eigenvalue weighted by molar-refractivity contribution is -0.102. The number of aliphatic imine (C=N–C) groups is 1. The number of hydrogen-bond acceptors (Lipinski definition) is 3. The highest BCUT2D eigenvalue weighted by molar-refractivity contribution is 6.27. The van der Waals surface area contributed by atoms with Gasteiger partial charge in [0, 0.05) is 12.4 Å². The molecular weight excluding hydrogens is 116 g/mol. The number of amidine groups is 1. The van der Waals surface area contributed by atoms with Crippen molar-refractivity contribution in [1.29, 1.82) is 0 Å².